The normalized spacial score (nSPS) is 12.0. The Morgan fingerprint density at radius 2 is 0.978 bits per heavy atom. The molecule has 1 aliphatic rings. The number of hydrogen-bond donors (Lipinski definition) is 0. The Balaban J connectivity index is 1.15. The molecule has 45 heavy (non-hydrogen) atoms. The van der Waals surface area contributed by atoms with Crippen LogP contribution in [0.2, 0.25) is 0 Å². The molecule has 9 rings (SSSR count). The number of rotatable bonds is 4. The highest BCUT2D eigenvalue weighted by Gasteiger charge is 2.21. The van der Waals surface area contributed by atoms with Gasteiger partial charge in [-0.3, -0.25) is 0 Å². The van der Waals surface area contributed by atoms with Crippen molar-refractivity contribution < 1.29 is 4.39 Å². The average molecular weight is 578 g/mol. The van der Waals surface area contributed by atoms with Crippen molar-refractivity contribution in [2.45, 2.75) is 6.42 Å². The van der Waals surface area contributed by atoms with Crippen LogP contribution >= 0.6 is 0 Å². The van der Waals surface area contributed by atoms with Gasteiger partial charge in [0, 0.05) is 16.5 Å². The van der Waals surface area contributed by atoms with Gasteiger partial charge in [-0.25, -0.2) is 4.39 Å². The Labute approximate surface area is 261 Å². The molecular formula is C43H28FN. The van der Waals surface area contributed by atoms with Gasteiger partial charge < -0.3 is 4.57 Å². The van der Waals surface area contributed by atoms with Gasteiger partial charge in [0.05, 0.1) is 11.0 Å². The summed E-state index contributed by atoms with van der Waals surface area (Å²) in [5.74, 6) is -0.190. The monoisotopic (exact) mass is 577 g/mol. The molecule has 8 aromatic rings. The quantitative estimate of drug-likeness (QED) is 0.196. The summed E-state index contributed by atoms with van der Waals surface area (Å²) < 4.78 is 16.6. The van der Waals surface area contributed by atoms with E-state index in [0.29, 0.717) is 0 Å². The van der Waals surface area contributed by atoms with Crippen LogP contribution in [0.5, 0.6) is 0 Å². The van der Waals surface area contributed by atoms with E-state index >= 15 is 0 Å². The molecule has 0 fully saturated rings. The van der Waals surface area contributed by atoms with Crippen LogP contribution in [0.1, 0.15) is 11.1 Å². The number of para-hydroxylation sites is 1. The first-order valence-corrected chi connectivity index (χ1v) is 15.4. The van der Waals surface area contributed by atoms with Gasteiger partial charge in [-0.1, -0.05) is 103 Å². The maximum atomic E-state index is 14.2. The number of halogens is 1. The molecule has 1 nitrogen and oxygen atoms in total. The number of nitrogens with zero attached hydrogens (tertiary/aromatic N) is 1. The first kappa shape index (κ1) is 25.7. The summed E-state index contributed by atoms with van der Waals surface area (Å²) in [6.45, 7) is 0. The summed E-state index contributed by atoms with van der Waals surface area (Å²) in [6, 6.07) is 55.3. The second-order valence-electron chi connectivity index (χ2n) is 11.9. The topological polar surface area (TPSA) is 4.93 Å². The maximum absolute atomic E-state index is 14.2. The highest BCUT2D eigenvalue weighted by atomic mass is 19.1. The van der Waals surface area contributed by atoms with Crippen molar-refractivity contribution >= 4 is 21.8 Å². The molecule has 0 radical (unpaired) electrons. The van der Waals surface area contributed by atoms with Crippen LogP contribution in [0.25, 0.3) is 72.0 Å². The van der Waals surface area contributed by atoms with Crippen molar-refractivity contribution in [3.8, 4) is 50.2 Å². The summed E-state index contributed by atoms with van der Waals surface area (Å²) in [7, 11) is 0. The predicted octanol–water partition coefficient (Wildman–Crippen LogP) is 11.5. The number of fused-ring (bicyclic) bond motifs is 6. The van der Waals surface area contributed by atoms with E-state index < -0.39 is 0 Å². The molecular weight excluding hydrogens is 549 g/mol. The van der Waals surface area contributed by atoms with Crippen LogP contribution < -0.4 is 0 Å². The molecule has 0 bridgehead atoms. The van der Waals surface area contributed by atoms with Crippen LogP contribution in [0.15, 0.2) is 158 Å². The molecule has 1 aliphatic carbocycles. The summed E-state index contributed by atoms with van der Waals surface area (Å²) >= 11 is 0. The van der Waals surface area contributed by atoms with Gasteiger partial charge in [-0.15, -0.1) is 0 Å². The average Bonchev–Trinajstić information content (AvgIpc) is 3.63. The lowest BCUT2D eigenvalue weighted by Gasteiger charge is -2.11. The molecule has 0 saturated heterocycles. The lowest BCUT2D eigenvalue weighted by atomic mass is 9.96. The zero-order valence-corrected chi connectivity index (χ0v) is 24.5. The van der Waals surface area contributed by atoms with Gasteiger partial charge in [0.25, 0.3) is 0 Å². The lowest BCUT2D eigenvalue weighted by molar-refractivity contribution is 0.628. The van der Waals surface area contributed by atoms with Crippen LogP contribution in [0, 0.1) is 5.82 Å². The first-order chi connectivity index (χ1) is 22.2. The summed E-state index contributed by atoms with van der Waals surface area (Å²) in [4.78, 5) is 0. The van der Waals surface area contributed by atoms with Gasteiger partial charge in [-0.2, -0.15) is 0 Å². The molecule has 1 heterocycles. The van der Waals surface area contributed by atoms with Crippen LogP contribution in [0.3, 0.4) is 0 Å². The Morgan fingerprint density at radius 1 is 0.400 bits per heavy atom. The highest BCUT2D eigenvalue weighted by molar-refractivity contribution is 6.10. The highest BCUT2D eigenvalue weighted by Crippen LogP contribution is 2.41. The van der Waals surface area contributed by atoms with E-state index in [0.717, 1.165) is 34.3 Å². The van der Waals surface area contributed by atoms with E-state index in [4.69, 9.17) is 0 Å². The standard InChI is InChI=1S/C43H28FN/c44-36-19-16-34-24-35-17-20-37(27-40(35)39(34)26-36)45-42-15-5-4-14-38(42)41-25-33(18-21-43(41)45)32-13-7-12-31(23-32)30-11-6-10-29(22-30)28-8-2-1-3-9-28/h1-23,25-27H,24H2. The van der Waals surface area contributed by atoms with Crippen molar-refractivity contribution in [2.75, 3.05) is 0 Å². The Hall–Kier alpha value is -5.73. The van der Waals surface area contributed by atoms with E-state index in [1.54, 1.807) is 12.1 Å². The maximum Gasteiger partial charge on any atom is 0.123 e. The smallest absolute Gasteiger partial charge is 0.123 e. The Bertz CT molecular complexity index is 2410. The fraction of sp³-hybridized carbons (Fsp3) is 0.0233. The minimum atomic E-state index is -0.190. The van der Waals surface area contributed by atoms with Crippen molar-refractivity contribution in [3.05, 3.63) is 175 Å². The van der Waals surface area contributed by atoms with Crippen LogP contribution in [-0.2, 0) is 6.42 Å². The SMILES string of the molecule is Fc1ccc2c(c1)-c1cc(-n3c4ccccc4c4cc(-c5cccc(-c6cccc(-c7ccccc7)c6)c5)ccc43)ccc1C2. The molecule has 0 N–H and O–H groups in total. The number of hydrogen-bond acceptors (Lipinski definition) is 0. The van der Waals surface area contributed by atoms with E-state index in [-0.39, 0.29) is 5.82 Å². The fourth-order valence-corrected chi connectivity index (χ4v) is 7.09. The van der Waals surface area contributed by atoms with Gasteiger partial charge in [0.2, 0.25) is 0 Å². The number of aromatic nitrogens is 1. The molecule has 0 unspecified atom stereocenters. The van der Waals surface area contributed by atoms with Crippen molar-refractivity contribution in [1.82, 2.24) is 4.57 Å². The Kier molecular flexibility index (Phi) is 5.82. The molecule has 0 saturated carbocycles. The lowest BCUT2D eigenvalue weighted by Crippen LogP contribution is -1.95. The van der Waals surface area contributed by atoms with E-state index in [1.165, 1.54) is 55.3 Å². The molecule has 0 spiro atoms. The fourth-order valence-electron chi connectivity index (χ4n) is 7.09. The van der Waals surface area contributed by atoms with E-state index in [2.05, 4.69) is 144 Å². The largest absolute Gasteiger partial charge is 0.309 e. The van der Waals surface area contributed by atoms with Gasteiger partial charge in [-0.05, 0) is 117 Å². The van der Waals surface area contributed by atoms with Crippen LogP contribution in [0.4, 0.5) is 4.39 Å². The third-order valence-electron chi connectivity index (χ3n) is 9.27. The van der Waals surface area contributed by atoms with Crippen molar-refractivity contribution in [3.63, 3.8) is 0 Å². The van der Waals surface area contributed by atoms with Crippen molar-refractivity contribution in [1.29, 1.82) is 0 Å². The van der Waals surface area contributed by atoms with E-state index in [9.17, 15) is 4.39 Å². The third kappa shape index (κ3) is 4.29. The molecule has 0 atom stereocenters. The first-order valence-electron chi connectivity index (χ1n) is 15.4. The summed E-state index contributed by atoms with van der Waals surface area (Å²) in [5, 5.41) is 2.43. The molecule has 2 heteroatoms. The molecule has 0 amide bonds. The van der Waals surface area contributed by atoms with E-state index in [1.807, 2.05) is 6.07 Å². The second kappa shape index (κ2) is 10.2. The summed E-state index contributed by atoms with van der Waals surface area (Å²) in [5.41, 5.74) is 15.2. The number of benzene rings is 7. The zero-order valence-electron chi connectivity index (χ0n) is 24.5. The van der Waals surface area contributed by atoms with Crippen LogP contribution in [-0.4, -0.2) is 4.57 Å². The predicted molar refractivity (Wildman–Crippen MR) is 185 cm³/mol. The molecule has 0 aliphatic heterocycles. The zero-order chi connectivity index (χ0) is 29.9. The minimum Gasteiger partial charge on any atom is -0.309 e. The molecule has 1 aromatic heterocycles. The second-order valence-corrected chi connectivity index (χ2v) is 11.9. The molecule has 7 aromatic carbocycles. The summed E-state index contributed by atoms with van der Waals surface area (Å²) in [6.07, 6.45) is 0.845. The molecule has 212 valence electrons. The minimum absolute atomic E-state index is 0.190. The van der Waals surface area contributed by atoms with Gasteiger partial charge in [0.15, 0.2) is 0 Å². The van der Waals surface area contributed by atoms with Gasteiger partial charge >= 0.3 is 0 Å². The van der Waals surface area contributed by atoms with Gasteiger partial charge in [0.1, 0.15) is 5.82 Å². The third-order valence-corrected chi connectivity index (χ3v) is 9.27. The Morgan fingerprint density at radius 3 is 1.73 bits per heavy atom. The van der Waals surface area contributed by atoms with Crippen molar-refractivity contribution in [2.24, 2.45) is 0 Å².